The van der Waals surface area contributed by atoms with E-state index in [-0.39, 0.29) is 12.4 Å². The molecule has 0 aromatic heterocycles. The molecular formula is C18H21FO4. The van der Waals surface area contributed by atoms with Gasteiger partial charge in [-0.25, -0.2) is 4.39 Å². The molecule has 0 bridgehead atoms. The van der Waals surface area contributed by atoms with Crippen LogP contribution in [0.5, 0.6) is 5.75 Å². The number of benzene rings is 2. The van der Waals surface area contributed by atoms with Crippen LogP contribution >= 0.6 is 0 Å². The minimum Gasteiger partial charge on any atom is -0.491 e. The minimum atomic E-state index is -0.240. The zero-order valence-corrected chi connectivity index (χ0v) is 12.9. The van der Waals surface area contributed by atoms with Crippen LogP contribution in [0.1, 0.15) is 0 Å². The van der Waals surface area contributed by atoms with Crippen molar-refractivity contribution in [3.05, 3.63) is 54.3 Å². The van der Waals surface area contributed by atoms with E-state index in [1.165, 1.54) is 12.1 Å². The molecule has 0 unspecified atom stereocenters. The Labute approximate surface area is 135 Å². The Bertz CT molecular complexity index is 554. The molecule has 2 aromatic carbocycles. The van der Waals surface area contributed by atoms with Gasteiger partial charge in [0.2, 0.25) is 0 Å². The van der Waals surface area contributed by atoms with Gasteiger partial charge in [-0.3, -0.25) is 0 Å². The van der Waals surface area contributed by atoms with Gasteiger partial charge in [-0.05, 0) is 35.4 Å². The Hall–Kier alpha value is -1.95. The van der Waals surface area contributed by atoms with Crippen LogP contribution < -0.4 is 4.74 Å². The fourth-order valence-electron chi connectivity index (χ4n) is 1.99. The predicted octanol–water partition coefficient (Wildman–Crippen LogP) is 2.90. The summed E-state index contributed by atoms with van der Waals surface area (Å²) < 4.78 is 28.9. The van der Waals surface area contributed by atoms with E-state index in [1.54, 1.807) is 12.1 Å². The van der Waals surface area contributed by atoms with Crippen molar-refractivity contribution in [2.24, 2.45) is 0 Å². The quantitative estimate of drug-likeness (QED) is 0.684. The van der Waals surface area contributed by atoms with Crippen LogP contribution in [0.25, 0.3) is 11.1 Å². The van der Waals surface area contributed by atoms with E-state index >= 15 is 0 Å². The van der Waals surface area contributed by atoms with Crippen molar-refractivity contribution < 1.29 is 23.7 Å². The maximum Gasteiger partial charge on any atom is 0.123 e. The van der Waals surface area contributed by atoms with Gasteiger partial charge in [-0.15, -0.1) is 0 Å². The van der Waals surface area contributed by atoms with E-state index in [1.807, 2.05) is 24.3 Å². The van der Waals surface area contributed by atoms with E-state index in [4.69, 9.17) is 19.3 Å². The average molecular weight is 320 g/mol. The summed E-state index contributed by atoms with van der Waals surface area (Å²) in [6.45, 7) is 2.23. The van der Waals surface area contributed by atoms with Gasteiger partial charge in [0.25, 0.3) is 0 Å². The van der Waals surface area contributed by atoms with E-state index in [2.05, 4.69) is 0 Å². The van der Waals surface area contributed by atoms with Gasteiger partial charge < -0.3 is 19.3 Å². The minimum absolute atomic E-state index is 0.0248. The molecule has 0 heterocycles. The second-order valence-electron chi connectivity index (χ2n) is 4.83. The predicted molar refractivity (Wildman–Crippen MR) is 86.1 cm³/mol. The van der Waals surface area contributed by atoms with Crippen molar-refractivity contribution in [2.75, 3.05) is 39.6 Å². The molecule has 0 amide bonds. The molecule has 0 aliphatic heterocycles. The molecule has 0 fully saturated rings. The Morgan fingerprint density at radius 1 is 0.696 bits per heavy atom. The standard InChI is InChI=1S/C18H21FO4/c19-17-5-1-15(2-6-17)16-3-7-18(8-4-16)23-14-13-22-12-11-21-10-9-20/h1-8,20H,9-14H2. The first kappa shape index (κ1) is 17.4. The van der Waals surface area contributed by atoms with Crippen LogP contribution in [0.4, 0.5) is 4.39 Å². The van der Waals surface area contributed by atoms with Gasteiger partial charge in [-0.2, -0.15) is 0 Å². The molecule has 23 heavy (non-hydrogen) atoms. The lowest BCUT2D eigenvalue weighted by Crippen LogP contribution is -2.11. The second kappa shape index (κ2) is 9.94. The Kier molecular flexibility index (Phi) is 7.52. The van der Waals surface area contributed by atoms with Gasteiger partial charge in [0.1, 0.15) is 18.2 Å². The molecule has 0 radical (unpaired) electrons. The third-order valence-corrected chi connectivity index (χ3v) is 3.14. The summed E-state index contributed by atoms with van der Waals surface area (Å²) in [5.41, 5.74) is 1.97. The van der Waals surface area contributed by atoms with Crippen molar-refractivity contribution in [2.45, 2.75) is 0 Å². The highest BCUT2D eigenvalue weighted by Crippen LogP contribution is 2.22. The summed E-state index contributed by atoms with van der Waals surface area (Å²) in [6.07, 6.45) is 0. The summed E-state index contributed by atoms with van der Waals surface area (Å²) in [5, 5.41) is 8.53. The molecule has 0 atom stereocenters. The lowest BCUT2D eigenvalue weighted by molar-refractivity contribution is 0.0247. The highest BCUT2D eigenvalue weighted by molar-refractivity contribution is 5.63. The van der Waals surface area contributed by atoms with Crippen molar-refractivity contribution in [1.82, 2.24) is 0 Å². The monoisotopic (exact) mass is 320 g/mol. The molecule has 0 aliphatic carbocycles. The Balaban J connectivity index is 1.68. The van der Waals surface area contributed by atoms with Crippen LogP contribution in [0, 0.1) is 5.82 Å². The molecule has 0 saturated carbocycles. The molecule has 0 aliphatic rings. The van der Waals surface area contributed by atoms with Crippen LogP contribution in [-0.4, -0.2) is 44.7 Å². The normalized spacial score (nSPS) is 10.7. The molecule has 1 N–H and O–H groups in total. The van der Waals surface area contributed by atoms with Crippen molar-refractivity contribution in [3.63, 3.8) is 0 Å². The molecule has 2 rings (SSSR count). The lowest BCUT2D eigenvalue weighted by Gasteiger charge is -2.08. The number of halogens is 1. The fraction of sp³-hybridized carbons (Fsp3) is 0.333. The summed E-state index contributed by atoms with van der Waals surface area (Å²) in [6, 6.07) is 14.0. The zero-order valence-electron chi connectivity index (χ0n) is 12.9. The first-order valence-corrected chi connectivity index (χ1v) is 7.55. The van der Waals surface area contributed by atoms with Crippen LogP contribution in [-0.2, 0) is 9.47 Å². The maximum absolute atomic E-state index is 12.9. The molecule has 5 heteroatoms. The van der Waals surface area contributed by atoms with Crippen molar-refractivity contribution in [1.29, 1.82) is 0 Å². The number of hydrogen-bond donors (Lipinski definition) is 1. The SMILES string of the molecule is OCCOCCOCCOc1ccc(-c2ccc(F)cc2)cc1. The third kappa shape index (κ3) is 6.36. The maximum atomic E-state index is 12.9. The smallest absolute Gasteiger partial charge is 0.123 e. The molecule has 0 saturated heterocycles. The van der Waals surface area contributed by atoms with E-state index in [9.17, 15) is 4.39 Å². The number of ether oxygens (including phenoxy) is 3. The Morgan fingerprint density at radius 2 is 1.22 bits per heavy atom. The highest BCUT2D eigenvalue weighted by atomic mass is 19.1. The van der Waals surface area contributed by atoms with Gasteiger partial charge >= 0.3 is 0 Å². The third-order valence-electron chi connectivity index (χ3n) is 3.14. The van der Waals surface area contributed by atoms with Gasteiger partial charge in [0.05, 0.1) is 33.0 Å². The number of aliphatic hydroxyl groups is 1. The highest BCUT2D eigenvalue weighted by Gasteiger charge is 1.99. The zero-order chi connectivity index (χ0) is 16.3. The van der Waals surface area contributed by atoms with Crippen molar-refractivity contribution in [3.8, 4) is 16.9 Å². The number of hydrogen-bond acceptors (Lipinski definition) is 4. The Morgan fingerprint density at radius 3 is 1.83 bits per heavy atom. The van der Waals surface area contributed by atoms with Gasteiger partial charge in [0.15, 0.2) is 0 Å². The van der Waals surface area contributed by atoms with Crippen molar-refractivity contribution >= 4 is 0 Å². The van der Waals surface area contributed by atoms with E-state index in [0.29, 0.717) is 33.0 Å². The molecule has 2 aromatic rings. The molecule has 0 spiro atoms. The molecule has 4 nitrogen and oxygen atoms in total. The molecular weight excluding hydrogens is 299 g/mol. The largest absolute Gasteiger partial charge is 0.491 e. The first-order chi connectivity index (χ1) is 11.3. The summed E-state index contributed by atoms with van der Waals surface area (Å²) in [7, 11) is 0. The van der Waals surface area contributed by atoms with Gasteiger partial charge in [0, 0.05) is 0 Å². The number of rotatable bonds is 10. The van der Waals surface area contributed by atoms with E-state index < -0.39 is 0 Å². The van der Waals surface area contributed by atoms with Gasteiger partial charge in [-0.1, -0.05) is 24.3 Å². The lowest BCUT2D eigenvalue weighted by atomic mass is 10.1. The van der Waals surface area contributed by atoms with E-state index in [0.717, 1.165) is 16.9 Å². The van der Waals surface area contributed by atoms with Crippen LogP contribution in [0.2, 0.25) is 0 Å². The average Bonchev–Trinajstić information content (AvgIpc) is 2.59. The van der Waals surface area contributed by atoms with Crippen LogP contribution in [0.15, 0.2) is 48.5 Å². The van der Waals surface area contributed by atoms with Crippen LogP contribution in [0.3, 0.4) is 0 Å². The molecule has 124 valence electrons. The second-order valence-corrected chi connectivity index (χ2v) is 4.83. The topological polar surface area (TPSA) is 47.9 Å². The number of aliphatic hydroxyl groups excluding tert-OH is 1. The first-order valence-electron chi connectivity index (χ1n) is 7.55. The fourth-order valence-corrected chi connectivity index (χ4v) is 1.99. The summed E-state index contributed by atoms with van der Waals surface area (Å²) in [4.78, 5) is 0. The summed E-state index contributed by atoms with van der Waals surface area (Å²) >= 11 is 0. The summed E-state index contributed by atoms with van der Waals surface area (Å²) in [5.74, 6) is 0.520.